The third-order valence-electron chi connectivity index (χ3n) is 17.1. The van der Waals surface area contributed by atoms with Crippen LogP contribution in [0.2, 0.25) is 0 Å². The van der Waals surface area contributed by atoms with Gasteiger partial charge in [-0.05, 0) is 69.4 Å². The topological polar surface area (TPSA) is 468 Å². The minimum Gasteiger partial charge on any atom is -1.00 e. The van der Waals surface area contributed by atoms with Crippen LogP contribution in [0.15, 0.2) is 152 Å². The molecule has 5 aromatic carbocycles. The third-order valence-corrected chi connectivity index (χ3v) is 17.1. The van der Waals surface area contributed by atoms with Gasteiger partial charge in [-0.1, -0.05) is 158 Å². The number of carbonyl (C=O) groups is 1. The molecule has 9 aliphatic heterocycles. The summed E-state index contributed by atoms with van der Waals surface area (Å²) in [6.07, 6.45) is -21.1. The Labute approximate surface area is 675 Å². The molecule has 111 heavy (non-hydrogen) atoms. The van der Waals surface area contributed by atoms with E-state index in [0.717, 1.165) is 34.9 Å². The number of rotatable bonds is 13. The van der Waals surface area contributed by atoms with E-state index in [0.29, 0.717) is 48.8 Å². The molecule has 9 heterocycles. The largest absolute Gasteiger partial charge is 1.00 e. The number of hydrogen-bond acceptors (Lipinski definition) is 32. The molecule has 0 amide bonds. The van der Waals surface area contributed by atoms with Crippen molar-refractivity contribution in [2.24, 2.45) is 0 Å². The van der Waals surface area contributed by atoms with Crippen molar-refractivity contribution >= 4 is 23.4 Å². The predicted molar refractivity (Wildman–Crippen MR) is 393 cm³/mol. The van der Waals surface area contributed by atoms with Crippen molar-refractivity contribution in [2.75, 3.05) is 53.4 Å². The second-order valence-electron chi connectivity index (χ2n) is 26.9. The number of Topliss-reactive ketones (excluding diaryl/α,β-unsaturated/α-hetero) is 1. The molecule has 9 aliphatic rings. The van der Waals surface area contributed by atoms with Gasteiger partial charge in [-0.2, -0.15) is 0 Å². The molecule has 0 aliphatic carbocycles. The van der Waals surface area contributed by atoms with Gasteiger partial charge in [0.2, 0.25) is 12.1 Å². The first-order chi connectivity index (χ1) is 52.4. The van der Waals surface area contributed by atoms with Gasteiger partial charge in [0.05, 0.1) is 74.0 Å². The van der Waals surface area contributed by atoms with E-state index >= 15 is 0 Å². The molecule has 9 fully saturated rings. The fourth-order valence-electron chi connectivity index (χ4n) is 11.6. The van der Waals surface area contributed by atoms with E-state index in [1.807, 2.05) is 186 Å². The summed E-state index contributed by atoms with van der Waals surface area (Å²) in [6.45, 7) is 15.0. The Kier molecular flexibility index (Phi) is 43.9. The third kappa shape index (κ3) is 31.8. The van der Waals surface area contributed by atoms with Gasteiger partial charge in [0.1, 0.15) is 97.7 Å². The summed E-state index contributed by atoms with van der Waals surface area (Å²) in [4.78, 5) is 12.3. The zero-order valence-corrected chi connectivity index (χ0v) is 66.7. The number of aliphatic hydroxyl groups excluding tert-OH is 15. The molecular weight excluding hydrogens is 1490 g/mol. The predicted octanol–water partition coefficient (Wildman–Crippen LogP) is -2.98. The second kappa shape index (κ2) is 49.9. The molecule has 32 nitrogen and oxygen atoms in total. The van der Waals surface area contributed by atoms with Gasteiger partial charge >= 0.3 is 29.6 Å². The molecule has 14 rings (SSSR count). The Hall–Kier alpha value is -3.98. The molecule has 0 aromatic heterocycles. The molecule has 24 atom stereocenters. The van der Waals surface area contributed by atoms with Gasteiger partial charge in [0.25, 0.3) is 0 Å². The van der Waals surface area contributed by atoms with Crippen LogP contribution in [0.5, 0.6) is 0 Å². The zero-order valence-electron chi connectivity index (χ0n) is 65.7. The van der Waals surface area contributed by atoms with Crippen molar-refractivity contribution in [3.63, 3.8) is 0 Å². The van der Waals surface area contributed by atoms with Gasteiger partial charge in [0.15, 0.2) is 54.9 Å². The van der Waals surface area contributed by atoms with Crippen molar-refractivity contribution in [3.8, 4) is 0 Å². The number of fused-ring (bicyclic) bond motifs is 3. The molecule has 0 spiro atoms. The van der Waals surface area contributed by atoms with Crippen LogP contribution in [0.4, 0.5) is 0 Å². The molecule has 5 aromatic rings. The SMILES string of the molecule is CC1(C)OC2COC(OCc3ccccc3)C(=O)C2O1.CC1(C)OC2COC(OCc3ccccc3)C(O)C2O1.CC1(C)OC2COC(OCc3ccccc3)C(O)C2O1.CO.OC1COC(O)C(O)C1O.OC1COC(O)C(O)C1O.OC1COC(OCc2ccccc2)C(O)C1O.OCc1ccccc1.[2H]PC.[B].[H-].[Na+]. The van der Waals surface area contributed by atoms with Gasteiger partial charge in [-0.3, -0.25) is 4.79 Å². The number of hydrogen-bond donors (Lipinski definition) is 15. The quantitative estimate of drug-likeness (QED) is 0.0413. The van der Waals surface area contributed by atoms with E-state index in [-0.39, 0.29) is 96.5 Å². The second-order valence-corrected chi connectivity index (χ2v) is 26.9. The normalized spacial score (nSPS) is 33.7. The number of benzene rings is 5. The van der Waals surface area contributed by atoms with E-state index in [4.69, 9.17) is 119 Å². The van der Waals surface area contributed by atoms with Crippen LogP contribution in [-0.2, 0) is 114 Å². The van der Waals surface area contributed by atoms with Gasteiger partial charge in [-0.25, -0.2) is 0 Å². The first-order valence-corrected chi connectivity index (χ1v) is 36.4. The van der Waals surface area contributed by atoms with Gasteiger partial charge in [-0.15, -0.1) is 9.18 Å². The number of aliphatic hydroxyl groups is 15. The first-order valence-electron chi connectivity index (χ1n) is 35.9. The maximum atomic E-state index is 12.3. The smallest absolute Gasteiger partial charge is 1.00 e. The van der Waals surface area contributed by atoms with Crippen LogP contribution in [0.3, 0.4) is 0 Å². The van der Waals surface area contributed by atoms with Crippen LogP contribution >= 0.6 is 9.18 Å². The van der Waals surface area contributed by atoms with Crippen molar-refractivity contribution in [2.45, 2.75) is 233 Å². The Morgan fingerprint density at radius 3 is 1.00 bits per heavy atom. The van der Waals surface area contributed by atoms with Crippen molar-refractivity contribution in [3.05, 3.63) is 179 Å². The van der Waals surface area contributed by atoms with Crippen LogP contribution < -0.4 is 29.6 Å². The molecule has 0 saturated carbocycles. The minimum absolute atomic E-state index is 0. The Morgan fingerprint density at radius 1 is 0.387 bits per heavy atom. The maximum absolute atomic E-state index is 12.3. The summed E-state index contributed by atoms with van der Waals surface area (Å²) < 4.78 is 93.0. The molecule has 15 N–H and O–H groups in total. The molecule has 35 heteroatoms. The number of ketones is 1. The Morgan fingerprint density at radius 2 is 0.667 bits per heavy atom. The van der Waals surface area contributed by atoms with E-state index in [2.05, 4.69) is 9.47 Å². The summed E-state index contributed by atoms with van der Waals surface area (Å²) in [7, 11) is 1.33. The van der Waals surface area contributed by atoms with E-state index in [9.17, 15) is 30.3 Å². The Balaban J connectivity index is 0.000000343. The Bertz CT molecular complexity index is 3160. The zero-order chi connectivity index (χ0) is 80.7. The van der Waals surface area contributed by atoms with Gasteiger partial charge < -0.3 is 154 Å². The van der Waals surface area contributed by atoms with E-state index < -0.39 is 141 Å². The minimum atomic E-state index is -1.41. The number of ether oxygens (including phenoxy) is 16. The van der Waals surface area contributed by atoms with E-state index in [1.165, 1.54) is 0 Å². The van der Waals surface area contributed by atoms with Gasteiger partial charge in [0, 0.05) is 15.5 Å². The fourth-order valence-corrected chi connectivity index (χ4v) is 11.6. The summed E-state index contributed by atoms with van der Waals surface area (Å²) in [5.74, 6) is -2.33. The summed E-state index contributed by atoms with van der Waals surface area (Å²) in [5, 5.41) is 135. The maximum Gasteiger partial charge on any atom is 1.00 e. The molecule has 0 bridgehead atoms. The standard InChI is InChI=1S/2C15H20O5.C15H18O5.C12H16O5.C7H8O.2C5H10O5.CH4O.CH5P.B.Na.H/c3*1-15(2)19-11-9-18-14(12(16)13(11)20-15)17-8-10-6-4-3-5-7-10;13-9-7-17-12(11(15)10(9)14)16-6-8-4-2-1-3-5-8;8-6-7-4-2-1-3-5-7;2*6-2-1-10-5(9)4(8)3(2)7;2*1-2;;;/h2*3-7,11-14,16H,8-9H2,1-2H3;3-7,11,13-14H,8-9H2,1-2H3;1-5,9-15H,6-7H2;1-5,8H,6H2;2*2-9H,1H2;2H,1H3;2H2,1H3;;;/q;;;;;;;;;;+1;-1/i;;;;;;;;2D;;;. The van der Waals surface area contributed by atoms with Crippen molar-refractivity contribution in [1.29, 1.82) is 1.28 Å². The molecule has 617 valence electrons. The molecule has 24 unspecified atom stereocenters. The van der Waals surface area contributed by atoms with Crippen molar-refractivity contribution < 1.29 is 188 Å². The van der Waals surface area contributed by atoms with Crippen LogP contribution in [0.25, 0.3) is 0 Å². The van der Waals surface area contributed by atoms with E-state index in [1.54, 1.807) is 13.8 Å². The molecule has 3 radical (unpaired) electrons. The first kappa shape index (κ1) is 97.6. The average molecular weight is 1600 g/mol. The van der Waals surface area contributed by atoms with Crippen LogP contribution in [-0.4, -0.2) is 304 Å². The molecule has 9 saturated heterocycles. The summed E-state index contributed by atoms with van der Waals surface area (Å²) in [6, 6.07) is 48.2. The average Bonchev–Trinajstić information content (AvgIpc) is 1.66. The van der Waals surface area contributed by atoms with Crippen LogP contribution in [0, 0.1) is 0 Å². The summed E-state index contributed by atoms with van der Waals surface area (Å²) in [5.41, 5.74) is 4.98. The van der Waals surface area contributed by atoms with Crippen molar-refractivity contribution in [1.82, 2.24) is 0 Å². The van der Waals surface area contributed by atoms with Crippen LogP contribution in [0.1, 0.15) is 70.8 Å². The number of carbonyl (C=O) groups excluding carboxylic acids is 1. The fraction of sp³-hybridized carbons (Fsp3) is 0.592. The monoisotopic (exact) mass is 1600 g/mol. The molecular formula is C76H112BNaO32P. The summed E-state index contributed by atoms with van der Waals surface area (Å²) >= 11 is 0.